The van der Waals surface area contributed by atoms with Crippen LogP contribution in [0.4, 0.5) is 0 Å². The zero-order valence-corrected chi connectivity index (χ0v) is 13.3. The third kappa shape index (κ3) is 5.73. The van der Waals surface area contributed by atoms with Crippen LogP contribution < -0.4 is 10.5 Å². The third-order valence-corrected chi connectivity index (χ3v) is 3.44. The molecule has 5 nitrogen and oxygen atoms in total. The quantitative estimate of drug-likeness (QED) is 0.746. The van der Waals surface area contributed by atoms with Gasteiger partial charge in [0.05, 0.1) is 6.54 Å². The Balaban J connectivity index is 2.36. The highest BCUT2D eigenvalue weighted by atomic mass is 16.5. The van der Waals surface area contributed by atoms with Crippen LogP contribution in [0.25, 0.3) is 0 Å². The summed E-state index contributed by atoms with van der Waals surface area (Å²) in [4.78, 5) is 15.8. The first-order valence-corrected chi connectivity index (χ1v) is 7.49. The van der Waals surface area contributed by atoms with Gasteiger partial charge in [-0.25, -0.2) is 0 Å². The highest BCUT2D eigenvalue weighted by Crippen LogP contribution is 2.16. The van der Waals surface area contributed by atoms with E-state index >= 15 is 0 Å². The number of nitrogens with two attached hydrogens (primary N) is 1. The molecule has 0 aliphatic carbocycles. The second-order valence-electron chi connectivity index (χ2n) is 4.96. The minimum atomic E-state index is 0.157. The fraction of sp³-hybridized carbons (Fsp3) is 0.562. The van der Waals surface area contributed by atoms with Crippen molar-refractivity contribution < 1.29 is 9.53 Å². The highest BCUT2D eigenvalue weighted by Gasteiger charge is 2.12. The molecule has 0 bridgehead atoms. The predicted molar refractivity (Wildman–Crippen MR) is 85.3 cm³/mol. The van der Waals surface area contributed by atoms with Crippen LogP contribution in [0.3, 0.4) is 0 Å². The number of carbonyl (C=O) groups excluding carboxylic acids is 1. The number of ether oxygens (including phenoxy) is 1. The second-order valence-corrected chi connectivity index (χ2v) is 4.96. The Morgan fingerprint density at radius 2 is 1.90 bits per heavy atom. The number of likely N-dealkylation sites (N-methyl/N-ethyl adjacent to an activating group) is 2. The monoisotopic (exact) mass is 293 g/mol. The molecule has 118 valence electrons. The van der Waals surface area contributed by atoms with Gasteiger partial charge >= 0.3 is 0 Å². The zero-order chi connectivity index (χ0) is 15.7. The molecule has 0 aliphatic rings. The van der Waals surface area contributed by atoms with Crippen molar-refractivity contribution in [2.45, 2.75) is 20.4 Å². The van der Waals surface area contributed by atoms with Crippen molar-refractivity contribution in [3.8, 4) is 5.75 Å². The van der Waals surface area contributed by atoms with E-state index < -0.39 is 0 Å². The lowest BCUT2D eigenvalue weighted by Crippen LogP contribution is -2.39. The SMILES string of the molecule is CCN(CC)C(=O)CN(C)CCOc1ccccc1CN. The summed E-state index contributed by atoms with van der Waals surface area (Å²) in [5.41, 5.74) is 6.67. The van der Waals surface area contributed by atoms with Crippen molar-refractivity contribution in [2.24, 2.45) is 5.73 Å². The summed E-state index contributed by atoms with van der Waals surface area (Å²) in [6.07, 6.45) is 0. The molecular formula is C16H27N3O2. The van der Waals surface area contributed by atoms with Crippen molar-refractivity contribution >= 4 is 5.91 Å². The van der Waals surface area contributed by atoms with Gasteiger partial charge < -0.3 is 15.4 Å². The molecule has 0 spiro atoms. The van der Waals surface area contributed by atoms with E-state index in [4.69, 9.17) is 10.5 Å². The van der Waals surface area contributed by atoms with E-state index in [1.807, 2.05) is 55.0 Å². The predicted octanol–water partition coefficient (Wildman–Crippen LogP) is 1.32. The van der Waals surface area contributed by atoms with Crippen molar-refractivity contribution in [3.63, 3.8) is 0 Å². The maximum absolute atomic E-state index is 12.0. The summed E-state index contributed by atoms with van der Waals surface area (Å²) in [5.74, 6) is 0.980. The summed E-state index contributed by atoms with van der Waals surface area (Å²) in [7, 11) is 1.93. The molecule has 0 aromatic heterocycles. The van der Waals surface area contributed by atoms with E-state index in [2.05, 4.69) is 0 Å². The first-order chi connectivity index (χ1) is 10.1. The minimum Gasteiger partial charge on any atom is -0.492 e. The Hall–Kier alpha value is -1.59. The molecule has 21 heavy (non-hydrogen) atoms. The van der Waals surface area contributed by atoms with Crippen LogP contribution in [-0.4, -0.2) is 55.5 Å². The van der Waals surface area contributed by atoms with E-state index in [1.54, 1.807) is 0 Å². The van der Waals surface area contributed by atoms with Crippen molar-refractivity contribution in [3.05, 3.63) is 29.8 Å². The van der Waals surface area contributed by atoms with Crippen LogP contribution in [0.5, 0.6) is 5.75 Å². The lowest BCUT2D eigenvalue weighted by atomic mass is 10.2. The van der Waals surface area contributed by atoms with Crippen LogP contribution in [0, 0.1) is 0 Å². The molecule has 0 fully saturated rings. The lowest BCUT2D eigenvalue weighted by molar-refractivity contribution is -0.131. The molecule has 1 rings (SSSR count). The largest absolute Gasteiger partial charge is 0.492 e. The number of amides is 1. The van der Waals surface area contributed by atoms with Gasteiger partial charge in [0.2, 0.25) is 5.91 Å². The topological polar surface area (TPSA) is 58.8 Å². The van der Waals surface area contributed by atoms with Crippen molar-refractivity contribution in [1.82, 2.24) is 9.80 Å². The number of para-hydroxylation sites is 1. The first-order valence-electron chi connectivity index (χ1n) is 7.49. The van der Waals surface area contributed by atoms with Gasteiger partial charge in [0, 0.05) is 31.7 Å². The molecule has 0 aliphatic heterocycles. The number of nitrogens with zero attached hydrogens (tertiary/aromatic N) is 2. The molecule has 5 heteroatoms. The molecule has 1 aromatic rings. The maximum Gasteiger partial charge on any atom is 0.236 e. The molecule has 0 unspecified atom stereocenters. The van der Waals surface area contributed by atoms with Gasteiger partial charge in [-0.1, -0.05) is 18.2 Å². The average Bonchev–Trinajstić information content (AvgIpc) is 2.49. The van der Waals surface area contributed by atoms with Crippen LogP contribution in [-0.2, 0) is 11.3 Å². The zero-order valence-electron chi connectivity index (χ0n) is 13.3. The fourth-order valence-corrected chi connectivity index (χ4v) is 2.11. The summed E-state index contributed by atoms with van der Waals surface area (Å²) in [6.45, 7) is 7.62. The van der Waals surface area contributed by atoms with Crippen LogP contribution in [0.1, 0.15) is 19.4 Å². The van der Waals surface area contributed by atoms with Crippen LogP contribution >= 0.6 is 0 Å². The minimum absolute atomic E-state index is 0.157. The van der Waals surface area contributed by atoms with Crippen molar-refractivity contribution in [1.29, 1.82) is 0 Å². The standard InChI is InChI=1S/C16H27N3O2/c1-4-19(5-2)16(20)13-18(3)10-11-21-15-9-7-6-8-14(15)12-17/h6-9H,4-5,10-13,17H2,1-3H3. The molecule has 2 N–H and O–H groups in total. The molecular weight excluding hydrogens is 266 g/mol. The van der Waals surface area contributed by atoms with E-state index in [-0.39, 0.29) is 5.91 Å². The van der Waals surface area contributed by atoms with E-state index in [0.29, 0.717) is 26.2 Å². The molecule has 0 radical (unpaired) electrons. The van der Waals surface area contributed by atoms with Gasteiger partial charge in [-0.05, 0) is 27.0 Å². The Morgan fingerprint density at radius 1 is 1.24 bits per heavy atom. The Kier molecular flexibility index (Phi) is 7.79. The molecule has 0 saturated heterocycles. The normalized spacial score (nSPS) is 10.7. The summed E-state index contributed by atoms with van der Waals surface area (Å²) in [6, 6.07) is 7.76. The number of hydrogen-bond acceptors (Lipinski definition) is 4. The van der Waals surface area contributed by atoms with Gasteiger partial charge in [-0.2, -0.15) is 0 Å². The van der Waals surface area contributed by atoms with Gasteiger partial charge in [0.15, 0.2) is 0 Å². The Labute approximate surface area is 127 Å². The van der Waals surface area contributed by atoms with Gasteiger partial charge in [0.25, 0.3) is 0 Å². The Bertz CT molecular complexity index is 433. The number of hydrogen-bond donors (Lipinski definition) is 1. The van der Waals surface area contributed by atoms with E-state index in [1.165, 1.54) is 0 Å². The summed E-state index contributed by atoms with van der Waals surface area (Å²) < 4.78 is 5.75. The lowest BCUT2D eigenvalue weighted by Gasteiger charge is -2.23. The Morgan fingerprint density at radius 3 is 2.52 bits per heavy atom. The average molecular weight is 293 g/mol. The maximum atomic E-state index is 12.0. The molecule has 1 aromatic carbocycles. The van der Waals surface area contributed by atoms with Crippen LogP contribution in [0.15, 0.2) is 24.3 Å². The fourth-order valence-electron chi connectivity index (χ4n) is 2.11. The highest BCUT2D eigenvalue weighted by molar-refractivity contribution is 5.78. The number of benzene rings is 1. The first kappa shape index (κ1) is 17.5. The van der Waals surface area contributed by atoms with Gasteiger partial charge in [-0.3, -0.25) is 9.69 Å². The summed E-state index contributed by atoms with van der Waals surface area (Å²) >= 11 is 0. The molecule has 1 amide bonds. The van der Waals surface area contributed by atoms with E-state index in [0.717, 1.165) is 24.4 Å². The smallest absolute Gasteiger partial charge is 0.236 e. The molecule has 0 saturated carbocycles. The second kappa shape index (κ2) is 9.37. The number of rotatable bonds is 9. The van der Waals surface area contributed by atoms with Crippen LogP contribution in [0.2, 0.25) is 0 Å². The molecule has 0 heterocycles. The number of carbonyl (C=O) groups is 1. The third-order valence-electron chi connectivity index (χ3n) is 3.44. The molecule has 0 atom stereocenters. The van der Waals surface area contributed by atoms with E-state index in [9.17, 15) is 4.79 Å². The summed E-state index contributed by atoms with van der Waals surface area (Å²) in [5, 5.41) is 0. The van der Waals surface area contributed by atoms with Gasteiger partial charge in [0.1, 0.15) is 12.4 Å². The van der Waals surface area contributed by atoms with Gasteiger partial charge in [-0.15, -0.1) is 0 Å². The van der Waals surface area contributed by atoms with Crippen molar-refractivity contribution in [2.75, 3.05) is 39.8 Å².